The van der Waals surface area contributed by atoms with Crippen LogP contribution in [0.4, 0.5) is 0 Å². The van der Waals surface area contributed by atoms with Crippen LogP contribution in [0.25, 0.3) is 5.57 Å². The fourth-order valence-electron chi connectivity index (χ4n) is 3.08. The Balaban J connectivity index is 2.39. The number of hydrogen-bond acceptors (Lipinski definition) is 2. The lowest BCUT2D eigenvalue weighted by molar-refractivity contribution is 0.329. The molecule has 23 heavy (non-hydrogen) atoms. The lowest BCUT2D eigenvalue weighted by atomic mass is 9.94. The maximum atomic E-state index is 12.9. The van der Waals surface area contributed by atoms with Crippen molar-refractivity contribution in [1.82, 2.24) is 9.88 Å². The van der Waals surface area contributed by atoms with Crippen molar-refractivity contribution >= 4 is 28.8 Å². The van der Waals surface area contributed by atoms with E-state index in [1.165, 1.54) is 0 Å². The van der Waals surface area contributed by atoms with Gasteiger partial charge in [-0.2, -0.15) is 0 Å². The molecule has 1 atom stereocenters. The molecule has 1 aliphatic heterocycles. The second-order valence-electron chi connectivity index (χ2n) is 7.00. The van der Waals surface area contributed by atoms with Crippen LogP contribution in [0.15, 0.2) is 23.6 Å². The van der Waals surface area contributed by atoms with Gasteiger partial charge in [0.15, 0.2) is 0 Å². The molecule has 2 rings (SSSR count). The smallest absolute Gasteiger partial charge is 0.258 e. The van der Waals surface area contributed by atoms with Crippen molar-refractivity contribution < 1.29 is 0 Å². The molecule has 1 aromatic heterocycles. The van der Waals surface area contributed by atoms with Crippen molar-refractivity contribution in [1.29, 1.82) is 0 Å². The molecular formula is C18H26Cl2N2O. The van der Waals surface area contributed by atoms with E-state index in [9.17, 15) is 4.79 Å². The van der Waals surface area contributed by atoms with E-state index in [0.717, 1.165) is 43.6 Å². The Morgan fingerprint density at radius 3 is 2.61 bits per heavy atom. The number of piperidine rings is 1. The van der Waals surface area contributed by atoms with E-state index in [2.05, 4.69) is 11.9 Å². The molecule has 0 spiro atoms. The van der Waals surface area contributed by atoms with Gasteiger partial charge in [-0.1, -0.05) is 6.58 Å². The highest BCUT2D eigenvalue weighted by Gasteiger charge is 2.30. The van der Waals surface area contributed by atoms with E-state index in [0.29, 0.717) is 11.5 Å². The predicted octanol–water partition coefficient (Wildman–Crippen LogP) is 4.18. The van der Waals surface area contributed by atoms with Gasteiger partial charge >= 0.3 is 0 Å². The van der Waals surface area contributed by atoms with Gasteiger partial charge in [0.05, 0.1) is 10.3 Å². The minimum atomic E-state index is -0.639. The van der Waals surface area contributed by atoms with Crippen LogP contribution < -0.4 is 10.9 Å². The monoisotopic (exact) mass is 356 g/mol. The molecule has 128 valence electrons. The van der Waals surface area contributed by atoms with Gasteiger partial charge in [-0.3, -0.25) is 4.79 Å². The van der Waals surface area contributed by atoms with Crippen molar-refractivity contribution in [3.63, 3.8) is 0 Å². The number of halogens is 2. The summed E-state index contributed by atoms with van der Waals surface area (Å²) in [6, 6.07) is 1.92. The number of alkyl halides is 2. The number of aromatic nitrogens is 1. The zero-order valence-corrected chi connectivity index (χ0v) is 15.7. The first-order valence-corrected chi connectivity index (χ1v) is 8.96. The predicted molar refractivity (Wildman–Crippen MR) is 99.5 cm³/mol. The van der Waals surface area contributed by atoms with Crippen molar-refractivity contribution in [2.24, 2.45) is 5.92 Å². The van der Waals surface area contributed by atoms with Crippen molar-refractivity contribution in [2.45, 2.75) is 50.4 Å². The molecule has 0 aromatic carbocycles. The van der Waals surface area contributed by atoms with Gasteiger partial charge in [-0.15, -0.1) is 23.2 Å². The van der Waals surface area contributed by atoms with Crippen molar-refractivity contribution in [3.8, 4) is 0 Å². The minimum Gasteiger partial charge on any atom is -0.317 e. The fraction of sp³-hybridized carbons (Fsp3) is 0.611. The summed E-state index contributed by atoms with van der Waals surface area (Å²) in [6.07, 6.45) is 4.05. The van der Waals surface area contributed by atoms with E-state index >= 15 is 0 Å². The molecule has 3 nitrogen and oxygen atoms in total. The molecule has 1 aliphatic rings. The molecule has 1 aromatic rings. The third-order valence-corrected chi connectivity index (χ3v) is 5.52. The zero-order valence-electron chi connectivity index (χ0n) is 14.2. The van der Waals surface area contributed by atoms with Gasteiger partial charge in [-0.25, -0.2) is 0 Å². The fourth-order valence-corrected chi connectivity index (χ4v) is 3.38. The van der Waals surface area contributed by atoms with E-state index in [1.807, 2.05) is 33.0 Å². The van der Waals surface area contributed by atoms with E-state index in [1.54, 1.807) is 4.57 Å². The Kier molecular flexibility index (Phi) is 5.99. The van der Waals surface area contributed by atoms with Gasteiger partial charge in [0.2, 0.25) is 0 Å². The highest BCUT2D eigenvalue weighted by Crippen LogP contribution is 2.38. The van der Waals surface area contributed by atoms with Gasteiger partial charge in [0.25, 0.3) is 5.56 Å². The summed E-state index contributed by atoms with van der Waals surface area (Å²) in [6.45, 7) is 12.3. The topological polar surface area (TPSA) is 34.0 Å². The molecule has 1 saturated heterocycles. The molecule has 0 aliphatic carbocycles. The van der Waals surface area contributed by atoms with E-state index in [-0.39, 0.29) is 5.56 Å². The number of rotatable bonds is 5. The summed E-state index contributed by atoms with van der Waals surface area (Å²) in [4.78, 5) is 12.3. The third kappa shape index (κ3) is 4.40. The maximum absolute atomic E-state index is 12.9. The number of allylic oxidation sites excluding steroid dienone is 1. The molecule has 0 radical (unpaired) electrons. The maximum Gasteiger partial charge on any atom is 0.258 e. The van der Waals surface area contributed by atoms with Crippen LogP contribution in [0.2, 0.25) is 0 Å². The largest absolute Gasteiger partial charge is 0.317 e. The van der Waals surface area contributed by atoms with E-state index in [4.69, 9.17) is 23.2 Å². The number of hydrogen-bond donors (Lipinski definition) is 1. The lowest BCUT2D eigenvalue weighted by Gasteiger charge is -2.27. The van der Waals surface area contributed by atoms with Gasteiger partial charge in [0, 0.05) is 18.3 Å². The first-order chi connectivity index (χ1) is 10.7. The molecule has 1 unspecified atom stereocenters. The van der Waals surface area contributed by atoms with Gasteiger partial charge in [-0.05, 0) is 69.8 Å². The molecule has 0 saturated carbocycles. The van der Waals surface area contributed by atoms with Crippen LogP contribution in [-0.4, -0.2) is 22.5 Å². The van der Waals surface area contributed by atoms with Crippen molar-refractivity contribution in [2.75, 3.05) is 13.1 Å². The summed E-state index contributed by atoms with van der Waals surface area (Å²) in [5, 5.41) is 2.90. The van der Waals surface area contributed by atoms with Crippen LogP contribution in [0.3, 0.4) is 0 Å². The Bertz CT molecular complexity index is 625. The highest BCUT2D eigenvalue weighted by molar-refractivity contribution is 6.32. The summed E-state index contributed by atoms with van der Waals surface area (Å²) >= 11 is 12.9. The summed E-state index contributed by atoms with van der Waals surface area (Å²) in [7, 11) is 0. The standard InChI is InChI=1S/C18H26Cl2N2O/c1-12(2)15-14(16(19)18(3,4)20)7-10-22(17(15)23)11-13-5-8-21-9-6-13/h7,10,13,16,21H,1,5-6,8-9,11H2,2-4H3. The van der Waals surface area contributed by atoms with Crippen LogP contribution in [0, 0.1) is 5.92 Å². The third-order valence-electron chi connectivity index (χ3n) is 4.41. The SMILES string of the molecule is C=C(C)c1c(C(Cl)C(C)(C)Cl)ccn(CC2CCNCC2)c1=O. The molecule has 0 amide bonds. The molecule has 5 heteroatoms. The molecule has 2 heterocycles. The average molecular weight is 357 g/mol. The first kappa shape index (κ1) is 18.6. The Hall–Kier alpha value is -0.770. The Labute approximate surface area is 148 Å². The van der Waals surface area contributed by atoms with E-state index < -0.39 is 10.3 Å². The number of nitrogens with one attached hydrogen (secondary N) is 1. The molecule has 0 bridgehead atoms. The van der Waals surface area contributed by atoms with Gasteiger partial charge in [0.1, 0.15) is 0 Å². The molecule has 1 fully saturated rings. The van der Waals surface area contributed by atoms with Crippen molar-refractivity contribution in [3.05, 3.63) is 40.3 Å². The Morgan fingerprint density at radius 1 is 1.48 bits per heavy atom. The van der Waals surface area contributed by atoms with Gasteiger partial charge < -0.3 is 9.88 Å². The normalized spacial score (nSPS) is 18.0. The summed E-state index contributed by atoms with van der Waals surface area (Å²) in [5.74, 6) is 0.536. The number of nitrogens with zero attached hydrogens (tertiary/aromatic N) is 1. The van der Waals surface area contributed by atoms with Crippen LogP contribution in [0.1, 0.15) is 50.1 Å². The summed E-state index contributed by atoms with van der Waals surface area (Å²) in [5.41, 5.74) is 2.09. The second kappa shape index (κ2) is 7.42. The average Bonchev–Trinajstić information content (AvgIpc) is 2.48. The quantitative estimate of drug-likeness (QED) is 0.803. The molecule has 1 N–H and O–H groups in total. The lowest BCUT2D eigenvalue weighted by Crippen LogP contribution is -2.34. The summed E-state index contributed by atoms with van der Waals surface area (Å²) < 4.78 is 1.80. The minimum absolute atomic E-state index is 0.0138. The highest BCUT2D eigenvalue weighted by atomic mass is 35.5. The van der Waals surface area contributed by atoms with Crippen LogP contribution >= 0.6 is 23.2 Å². The second-order valence-corrected chi connectivity index (χ2v) is 8.41. The number of pyridine rings is 1. The molecular weight excluding hydrogens is 331 g/mol. The van der Waals surface area contributed by atoms with Crippen LogP contribution in [-0.2, 0) is 6.54 Å². The Morgan fingerprint density at radius 2 is 2.09 bits per heavy atom. The first-order valence-electron chi connectivity index (χ1n) is 8.14. The zero-order chi connectivity index (χ0) is 17.2. The van der Waals surface area contributed by atoms with Crippen LogP contribution in [0.5, 0.6) is 0 Å².